The highest BCUT2D eigenvalue weighted by Gasteiger charge is 2.16. The van der Waals surface area contributed by atoms with Gasteiger partial charge in [0.1, 0.15) is 18.0 Å². The molecule has 0 atom stereocenters. The fraction of sp³-hybridized carbons (Fsp3) is 0.250. The van der Waals surface area contributed by atoms with Crippen molar-refractivity contribution in [2.75, 3.05) is 20.8 Å². The molecule has 10 nitrogen and oxygen atoms in total. The predicted octanol–water partition coefficient (Wildman–Crippen LogP) is 1.67. The molecule has 0 bridgehead atoms. The maximum absolute atomic E-state index is 12.9. The minimum Gasteiger partial charge on any atom is -0.497 e. The summed E-state index contributed by atoms with van der Waals surface area (Å²) in [5, 5.41) is 5.22. The number of carbonyl (C=O) groups is 2. The topological polar surface area (TPSA) is 139 Å². The third kappa shape index (κ3) is 5.15. The van der Waals surface area contributed by atoms with Crippen molar-refractivity contribution in [1.82, 2.24) is 4.57 Å². The number of hydrogen-bond donors (Lipinski definition) is 1. The Bertz CT molecular complexity index is 1340. The Hall–Kier alpha value is -3.22. The van der Waals surface area contributed by atoms with Gasteiger partial charge in [-0.2, -0.15) is 4.99 Å². The highest BCUT2D eigenvalue weighted by molar-refractivity contribution is 7.89. The van der Waals surface area contributed by atoms with Gasteiger partial charge in [0.15, 0.2) is 4.80 Å². The molecule has 3 aromatic rings. The molecule has 0 unspecified atom stereocenters. The van der Waals surface area contributed by atoms with E-state index in [2.05, 4.69) is 4.99 Å². The molecule has 0 aliphatic rings. The van der Waals surface area contributed by atoms with Crippen molar-refractivity contribution in [2.45, 2.75) is 18.4 Å². The van der Waals surface area contributed by atoms with E-state index in [0.717, 1.165) is 11.3 Å². The summed E-state index contributed by atoms with van der Waals surface area (Å²) >= 11 is 1.04. The van der Waals surface area contributed by atoms with Crippen LogP contribution in [-0.2, 0) is 26.1 Å². The molecule has 170 valence electrons. The standard InChI is InChI=1S/C20H21N3O7S2/c1-4-30-18(24)11-23-16-6-5-15(32(21,26)27)10-17(16)31-20(23)22-19(25)12-7-13(28-2)9-14(8-12)29-3/h5-10H,4,11H2,1-3H3,(H2,21,26,27). The number of amides is 1. The number of thiazole rings is 1. The maximum Gasteiger partial charge on any atom is 0.326 e. The Kier molecular flexibility index (Phi) is 6.96. The molecular formula is C20H21N3O7S2. The molecule has 32 heavy (non-hydrogen) atoms. The third-order valence-electron chi connectivity index (χ3n) is 4.37. The fourth-order valence-electron chi connectivity index (χ4n) is 2.89. The minimum atomic E-state index is -3.93. The molecule has 12 heteroatoms. The summed E-state index contributed by atoms with van der Waals surface area (Å²) < 4.78 is 40.8. The van der Waals surface area contributed by atoms with E-state index in [9.17, 15) is 18.0 Å². The lowest BCUT2D eigenvalue weighted by Crippen LogP contribution is -2.23. The Balaban J connectivity index is 2.17. The minimum absolute atomic E-state index is 0.0926. The first kappa shape index (κ1) is 23.4. The normalized spacial score (nSPS) is 12.1. The number of esters is 1. The van der Waals surface area contributed by atoms with Crippen LogP contribution in [0, 0.1) is 0 Å². The van der Waals surface area contributed by atoms with Crippen LogP contribution in [0.3, 0.4) is 0 Å². The van der Waals surface area contributed by atoms with Gasteiger partial charge in [0.25, 0.3) is 5.91 Å². The number of benzene rings is 2. The molecule has 0 spiro atoms. The zero-order valence-electron chi connectivity index (χ0n) is 17.5. The summed E-state index contributed by atoms with van der Waals surface area (Å²) in [7, 11) is -1.01. The van der Waals surface area contributed by atoms with E-state index in [0.29, 0.717) is 21.7 Å². The molecule has 0 fully saturated rings. The van der Waals surface area contributed by atoms with Crippen molar-refractivity contribution in [3.8, 4) is 11.5 Å². The van der Waals surface area contributed by atoms with Gasteiger partial charge in [0.05, 0.1) is 35.9 Å². The quantitative estimate of drug-likeness (QED) is 0.509. The molecule has 1 aromatic heterocycles. The van der Waals surface area contributed by atoms with Crippen LogP contribution in [0.5, 0.6) is 11.5 Å². The number of carbonyl (C=O) groups excluding carboxylic acids is 2. The number of methoxy groups -OCH3 is 2. The van der Waals surface area contributed by atoms with Crippen molar-refractivity contribution in [3.05, 3.63) is 46.8 Å². The van der Waals surface area contributed by atoms with Crippen molar-refractivity contribution in [3.63, 3.8) is 0 Å². The fourth-order valence-corrected chi connectivity index (χ4v) is 4.57. The lowest BCUT2D eigenvalue weighted by atomic mass is 10.2. The zero-order chi connectivity index (χ0) is 23.5. The van der Waals surface area contributed by atoms with Crippen LogP contribution in [0.2, 0.25) is 0 Å². The number of rotatable bonds is 7. The molecule has 0 aliphatic heterocycles. The summed E-state index contributed by atoms with van der Waals surface area (Å²) in [6, 6.07) is 8.83. The van der Waals surface area contributed by atoms with E-state index < -0.39 is 21.9 Å². The number of nitrogens with two attached hydrogens (primary N) is 1. The molecule has 0 saturated heterocycles. The van der Waals surface area contributed by atoms with Crippen LogP contribution in [0.4, 0.5) is 0 Å². The number of aromatic nitrogens is 1. The Labute approximate surface area is 187 Å². The average molecular weight is 480 g/mol. The van der Waals surface area contributed by atoms with Crippen LogP contribution in [0.15, 0.2) is 46.3 Å². The summed E-state index contributed by atoms with van der Waals surface area (Å²) in [5.41, 5.74) is 0.719. The molecule has 2 aromatic carbocycles. The van der Waals surface area contributed by atoms with Crippen LogP contribution in [0.25, 0.3) is 10.2 Å². The first-order chi connectivity index (χ1) is 15.2. The van der Waals surface area contributed by atoms with Crippen LogP contribution in [0.1, 0.15) is 17.3 Å². The highest BCUT2D eigenvalue weighted by atomic mass is 32.2. The van der Waals surface area contributed by atoms with Gasteiger partial charge in [-0.15, -0.1) is 0 Å². The predicted molar refractivity (Wildman–Crippen MR) is 117 cm³/mol. The van der Waals surface area contributed by atoms with Gasteiger partial charge < -0.3 is 18.8 Å². The molecular weight excluding hydrogens is 458 g/mol. The van der Waals surface area contributed by atoms with E-state index in [1.807, 2.05) is 0 Å². The van der Waals surface area contributed by atoms with Crippen molar-refractivity contribution in [1.29, 1.82) is 0 Å². The smallest absolute Gasteiger partial charge is 0.326 e. The monoisotopic (exact) mass is 479 g/mol. The van der Waals surface area contributed by atoms with E-state index in [1.165, 1.54) is 49.1 Å². The summed E-state index contributed by atoms with van der Waals surface area (Å²) in [6.45, 7) is 1.65. The maximum atomic E-state index is 12.9. The molecule has 1 amide bonds. The number of primary sulfonamides is 1. The Morgan fingerprint density at radius 3 is 2.31 bits per heavy atom. The molecule has 3 rings (SSSR count). The van der Waals surface area contributed by atoms with Crippen LogP contribution in [-0.4, -0.2) is 45.7 Å². The summed E-state index contributed by atoms with van der Waals surface area (Å²) in [6.07, 6.45) is 0. The first-order valence-electron chi connectivity index (χ1n) is 9.30. The molecule has 0 saturated carbocycles. The summed E-state index contributed by atoms with van der Waals surface area (Å²) in [4.78, 5) is 29.3. The van der Waals surface area contributed by atoms with Gasteiger partial charge in [-0.25, -0.2) is 13.6 Å². The van der Waals surface area contributed by atoms with Gasteiger partial charge in [0, 0.05) is 11.6 Å². The van der Waals surface area contributed by atoms with E-state index >= 15 is 0 Å². The first-order valence-corrected chi connectivity index (χ1v) is 11.7. The van der Waals surface area contributed by atoms with Crippen molar-refractivity contribution in [2.24, 2.45) is 10.1 Å². The second kappa shape index (κ2) is 9.51. The van der Waals surface area contributed by atoms with Gasteiger partial charge in [-0.3, -0.25) is 9.59 Å². The Morgan fingerprint density at radius 2 is 1.75 bits per heavy atom. The summed E-state index contributed by atoms with van der Waals surface area (Å²) in [5.74, 6) is -0.300. The lowest BCUT2D eigenvalue weighted by molar-refractivity contribution is -0.143. The zero-order valence-corrected chi connectivity index (χ0v) is 19.2. The average Bonchev–Trinajstić information content (AvgIpc) is 3.08. The van der Waals surface area contributed by atoms with Gasteiger partial charge in [0.2, 0.25) is 10.0 Å². The van der Waals surface area contributed by atoms with E-state index in [1.54, 1.807) is 13.0 Å². The number of hydrogen-bond acceptors (Lipinski definition) is 8. The second-order valence-electron chi connectivity index (χ2n) is 6.47. The Morgan fingerprint density at radius 1 is 1.09 bits per heavy atom. The number of ether oxygens (including phenoxy) is 3. The lowest BCUT2D eigenvalue weighted by Gasteiger charge is -2.07. The van der Waals surface area contributed by atoms with E-state index in [-0.39, 0.29) is 28.4 Å². The SMILES string of the molecule is CCOC(=O)Cn1c(=NC(=O)c2cc(OC)cc(OC)c2)sc2cc(S(N)(=O)=O)ccc21. The highest BCUT2D eigenvalue weighted by Crippen LogP contribution is 2.24. The third-order valence-corrected chi connectivity index (χ3v) is 6.32. The number of sulfonamides is 1. The largest absolute Gasteiger partial charge is 0.497 e. The van der Waals surface area contributed by atoms with Crippen LogP contribution >= 0.6 is 11.3 Å². The van der Waals surface area contributed by atoms with Crippen molar-refractivity contribution < 1.29 is 32.2 Å². The molecule has 2 N–H and O–H groups in total. The van der Waals surface area contributed by atoms with Crippen molar-refractivity contribution >= 4 is 43.5 Å². The van der Waals surface area contributed by atoms with Gasteiger partial charge >= 0.3 is 5.97 Å². The molecule has 0 radical (unpaired) electrons. The molecule has 1 heterocycles. The van der Waals surface area contributed by atoms with E-state index in [4.69, 9.17) is 19.3 Å². The number of nitrogens with zero attached hydrogens (tertiary/aromatic N) is 2. The molecule has 0 aliphatic carbocycles. The van der Waals surface area contributed by atoms with Crippen LogP contribution < -0.4 is 19.4 Å². The van der Waals surface area contributed by atoms with Gasteiger partial charge in [-0.1, -0.05) is 11.3 Å². The van der Waals surface area contributed by atoms with Gasteiger partial charge in [-0.05, 0) is 37.3 Å². The number of fused-ring (bicyclic) bond motifs is 1. The second-order valence-corrected chi connectivity index (χ2v) is 9.04.